The van der Waals surface area contributed by atoms with E-state index >= 15 is 0 Å². The monoisotopic (exact) mass is 565 g/mol. The number of nitrogens with zero attached hydrogens (tertiary/aromatic N) is 2. The smallest absolute Gasteiger partial charge is 0.395 e. The molecular weight excluding hydrogens is 538 g/mol. The van der Waals surface area contributed by atoms with Gasteiger partial charge in [0.25, 0.3) is 0 Å². The molecule has 0 unspecified atom stereocenters. The lowest BCUT2D eigenvalue weighted by atomic mass is 9.99. The minimum absolute atomic E-state index is 0.0213. The van der Waals surface area contributed by atoms with Gasteiger partial charge in [0.2, 0.25) is 11.8 Å². The summed E-state index contributed by atoms with van der Waals surface area (Å²) >= 11 is 5.91. The minimum atomic E-state index is -1.76. The number of benzene rings is 3. The fraction of sp³-hybridized carbons (Fsp3) is 0.207. The molecule has 1 atom stereocenters. The summed E-state index contributed by atoms with van der Waals surface area (Å²) in [5.41, 5.74) is 7.87. The number of imide groups is 1. The Bertz CT molecular complexity index is 1460. The average Bonchev–Trinajstić information content (AvgIpc) is 2.92. The van der Waals surface area contributed by atoms with Crippen LogP contribution in [0.4, 0.5) is 11.4 Å². The number of carboxylic acids is 2. The number of hydrogen-bond acceptors (Lipinski definition) is 6. The van der Waals surface area contributed by atoms with Crippen molar-refractivity contribution in [3.63, 3.8) is 0 Å². The van der Waals surface area contributed by atoms with Gasteiger partial charge in [-0.05, 0) is 59.9 Å². The van der Waals surface area contributed by atoms with Crippen molar-refractivity contribution < 1.29 is 34.2 Å². The second kappa shape index (κ2) is 13.0. The van der Waals surface area contributed by atoms with Gasteiger partial charge >= 0.3 is 17.8 Å². The molecule has 3 amide bonds. The molecule has 0 aromatic heterocycles. The van der Waals surface area contributed by atoms with Crippen molar-refractivity contribution >= 4 is 52.6 Å². The van der Waals surface area contributed by atoms with Gasteiger partial charge in [0.1, 0.15) is 0 Å². The molecule has 40 heavy (non-hydrogen) atoms. The van der Waals surface area contributed by atoms with Crippen molar-refractivity contribution in [1.29, 1.82) is 0 Å². The van der Waals surface area contributed by atoms with E-state index in [1.165, 1.54) is 37.3 Å². The van der Waals surface area contributed by atoms with Crippen LogP contribution in [0, 0.1) is 0 Å². The maximum absolute atomic E-state index is 13.1. The molecule has 3 rings (SSSR count). The van der Waals surface area contributed by atoms with Crippen LogP contribution in [-0.4, -0.2) is 50.8 Å². The summed E-state index contributed by atoms with van der Waals surface area (Å²) in [7, 11) is 0. The Morgan fingerprint density at radius 3 is 2.10 bits per heavy atom. The highest BCUT2D eigenvalue weighted by atomic mass is 35.5. The minimum Gasteiger partial charge on any atom is -0.478 e. The molecule has 208 valence electrons. The number of aryl methyl sites for hydroxylation is 1. The highest BCUT2D eigenvalue weighted by Gasteiger charge is 2.30. The van der Waals surface area contributed by atoms with Crippen LogP contribution in [0.5, 0.6) is 0 Å². The molecule has 10 nitrogen and oxygen atoms in total. The first-order valence-corrected chi connectivity index (χ1v) is 12.7. The number of nitrogens with two attached hydrogens (primary N) is 1. The number of anilines is 2. The van der Waals surface area contributed by atoms with Crippen LogP contribution in [0.1, 0.15) is 40.9 Å². The lowest BCUT2D eigenvalue weighted by Gasteiger charge is -2.26. The number of rotatable bonds is 9. The van der Waals surface area contributed by atoms with Gasteiger partial charge in [0.15, 0.2) is 0 Å². The number of aliphatic carboxylic acids is 1. The second-order valence-electron chi connectivity index (χ2n) is 8.97. The molecule has 0 saturated carbocycles. The number of hydrogen-bond donors (Lipinski definition) is 3. The molecule has 3 aromatic rings. The zero-order chi connectivity index (χ0) is 29.6. The standard InChI is InChI=1S/C29H28ClN3O7/c1-3-20-14-19(15-23(31)26(35)32(17(2)34)16-18-8-11-21(30)12-9-18)10-13-24(20)33(27(36)29(39)40)25-7-5-4-6-22(25)28(37)38/h4-14,23H,3,15-16,31H2,1-2H3,(H,37,38)(H,39,40)/t23-/m0/s1. The maximum atomic E-state index is 13.1. The maximum Gasteiger partial charge on any atom is 0.395 e. The van der Waals surface area contributed by atoms with Crippen molar-refractivity contribution in [1.82, 2.24) is 4.90 Å². The lowest BCUT2D eigenvalue weighted by Crippen LogP contribution is -2.46. The highest BCUT2D eigenvalue weighted by Crippen LogP contribution is 2.33. The molecule has 0 saturated heterocycles. The average molecular weight is 566 g/mol. The predicted octanol–water partition coefficient (Wildman–Crippen LogP) is 3.80. The number of amides is 3. The third-order valence-corrected chi connectivity index (χ3v) is 6.45. The Kier molecular flexibility index (Phi) is 9.76. The lowest BCUT2D eigenvalue weighted by molar-refractivity contribution is -0.148. The first-order valence-electron chi connectivity index (χ1n) is 12.3. The molecule has 0 heterocycles. The van der Waals surface area contributed by atoms with Gasteiger partial charge in [0, 0.05) is 11.9 Å². The molecule has 0 bridgehead atoms. The Balaban J connectivity index is 1.93. The number of carbonyl (C=O) groups excluding carboxylic acids is 3. The predicted molar refractivity (Wildman–Crippen MR) is 148 cm³/mol. The number of carbonyl (C=O) groups is 5. The molecule has 0 fully saturated rings. The normalized spacial score (nSPS) is 11.4. The van der Waals surface area contributed by atoms with Crippen molar-refractivity contribution in [3.05, 3.63) is 94.0 Å². The number of halogens is 1. The summed E-state index contributed by atoms with van der Waals surface area (Å²) in [6.07, 6.45) is 0.399. The van der Waals surface area contributed by atoms with E-state index in [0.717, 1.165) is 9.80 Å². The van der Waals surface area contributed by atoms with Crippen molar-refractivity contribution in [2.75, 3.05) is 4.90 Å². The van der Waals surface area contributed by atoms with E-state index in [4.69, 9.17) is 17.3 Å². The van der Waals surface area contributed by atoms with E-state index in [0.29, 0.717) is 28.1 Å². The van der Waals surface area contributed by atoms with E-state index < -0.39 is 35.7 Å². The molecule has 0 aliphatic carbocycles. The largest absolute Gasteiger partial charge is 0.478 e. The fourth-order valence-corrected chi connectivity index (χ4v) is 4.35. The summed E-state index contributed by atoms with van der Waals surface area (Å²) in [6, 6.07) is 16.0. The van der Waals surface area contributed by atoms with E-state index in [2.05, 4.69) is 0 Å². The van der Waals surface area contributed by atoms with E-state index in [-0.39, 0.29) is 29.9 Å². The summed E-state index contributed by atoms with van der Waals surface area (Å²) in [5, 5.41) is 19.6. The number of para-hydroxylation sites is 1. The van der Waals surface area contributed by atoms with Gasteiger partial charge < -0.3 is 15.9 Å². The zero-order valence-electron chi connectivity index (χ0n) is 21.8. The van der Waals surface area contributed by atoms with Gasteiger partial charge in [-0.15, -0.1) is 0 Å². The quantitative estimate of drug-likeness (QED) is 0.330. The van der Waals surface area contributed by atoms with E-state index in [9.17, 15) is 34.2 Å². The molecule has 3 aromatic carbocycles. The Morgan fingerprint density at radius 2 is 1.52 bits per heavy atom. The third-order valence-electron chi connectivity index (χ3n) is 6.20. The van der Waals surface area contributed by atoms with Crippen molar-refractivity contribution in [2.45, 2.75) is 39.3 Å². The number of carboxylic acid groups (broad SMARTS) is 2. The highest BCUT2D eigenvalue weighted by molar-refractivity contribution is 6.39. The molecule has 0 radical (unpaired) electrons. The van der Waals surface area contributed by atoms with Crippen molar-refractivity contribution in [3.8, 4) is 0 Å². The first kappa shape index (κ1) is 30.0. The summed E-state index contributed by atoms with van der Waals surface area (Å²) in [6.45, 7) is 3.07. The Labute approximate surface area is 235 Å². The van der Waals surface area contributed by atoms with Gasteiger partial charge in [-0.1, -0.05) is 54.9 Å². The third kappa shape index (κ3) is 6.90. The fourth-order valence-electron chi connectivity index (χ4n) is 4.22. The molecule has 4 N–H and O–H groups in total. The van der Waals surface area contributed by atoms with Gasteiger partial charge in [-0.3, -0.25) is 24.2 Å². The molecule has 11 heteroatoms. The Hall–Kier alpha value is -4.54. The van der Waals surface area contributed by atoms with Crippen LogP contribution < -0.4 is 10.6 Å². The van der Waals surface area contributed by atoms with Gasteiger partial charge in [-0.25, -0.2) is 9.59 Å². The van der Waals surface area contributed by atoms with Crippen LogP contribution >= 0.6 is 11.6 Å². The number of aromatic carboxylic acids is 1. The van der Waals surface area contributed by atoms with Crippen molar-refractivity contribution in [2.24, 2.45) is 5.73 Å². The van der Waals surface area contributed by atoms with Crippen LogP contribution in [0.15, 0.2) is 66.7 Å². The van der Waals surface area contributed by atoms with Gasteiger partial charge in [-0.2, -0.15) is 0 Å². The topological polar surface area (TPSA) is 158 Å². The summed E-state index contributed by atoms with van der Waals surface area (Å²) in [5.74, 6) is -5.47. The van der Waals surface area contributed by atoms with E-state index in [1.54, 1.807) is 43.3 Å². The van der Waals surface area contributed by atoms with Crippen LogP contribution in [0.25, 0.3) is 0 Å². The molecular formula is C29H28ClN3O7. The van der Waals surface area contributed by atoms with Crippen LogP contribution in [-0.2, 0) is 38.6 Å². The first-order chi connectivity index (χ1) is 18.9. The van der Waals surface area contributed by atoms with Crippen LogP contribution in [0.2, 0.25) is 5.02 Å². The summed E-state index contributed by atoms with van der Waals surface area (Å²) in [4.78, 5) is 63.6. The second-order valence-corrected chi connectivity index (χ2v) is 9.40. The summed E-state index contributed by atoms with van der Waals surface area (Å²) < 4.78 is 0. The zero-order valence-corrected chi connectivity index (χ0v) is 22.6. The van der Waals surface area contributed by atoms with Crippen LogP contribution in [0.3, 0.4) is 0 Å². The molecule has 0 aliphatic rings. The van der Waals surface area contributed by atoms with E-state index in [1.807, 2.05) is 0 Å². The molecule has 0 aliphatic heterocycles. The Morgan fingerprint density at radius 1 is 0.900 bits per heavy atom. The van der Waals surface area contributed by atoms with Gasteiger partial charge in [0.05, 0.1) is 29.5 Å². The molecule has 0 spiro atoms. The SMILES string of the molecule is CCc1cc(C[C@H](N)C(=O)N(Cc2ccc(Cl)cc2)C(C)=O)ccc1N(C(=O)C(=O)O)c1ccccc1C(=O)O.